The number of aliphatic carboxylic acids is 1. The molecule has 0 aromatic heterocycles. The Morgan fingerprint density at radius 3 is 2.49 bits per heavy atom. The van der Waals surface area contributed by atoms with Crippen molar-refractivity contribution >= 4 is 23.5 Å². The van der Waals surface area contributed by atoms with Gasteiger partial charge in [-0.3, -0.25) is 14.5 Å². The maximum Gasteiger partial charge on any atom is 0.416 e. The predicted molar refractivity (Wildman–Crippen MR) is 137 cm³/mol. The summed E-state index contributed by atoms with van der Waals surface area (Å²) >= 11 is 6.15. The van der Waals surface area contributed by atoms with E-state index >= 15 is 0 Å². The Labute approximate surface area is 222 Å². The Hall–Kier alpha value is -1.84. The average Bonchev–Trinajstić information content (AvgIpc) is 3.13. The van der Waals surface area contributed by atoms with Crippen molar-refractivity contribution < 1.29 is 27.9 Å². The molecule has 2 aliphatic heterocycles. The minimum absolute atomic E-state index is 0.00381. The van der Waals surface area contributed by atoms with Gasteiger partial charge in [0.2, 0.25) is 5.91 Å². The lowest BCUT2D eigenvalue weighted by atomic mass is 9.75. The van der Waals surface area contributed by atoms with Crippen LogP contribution in [0.15, 0.2) is 18.2 Å². The Bertz CT molecular complexity index is 937. The molecule has 2 fully saturated rings. The molecule has 0 saturated carbocycles. The molecule has 37 heavy (non-hydrogen) atoms. The average molecular weight is 546 g/mol. The second kappa shape index (κ2) is 12.8. The quantitative estimate of drug-likeness (QED) is 0.363. The maximum atomic E-state index is 13.6. The van der Waals surface area contributed by atoms with E-state index < -0.39 is 23.1 Å². The SMILES string of the molecule is CCCCCCN1CCC(NC(=O)[C@]2(CC(=O)O)CN(Cc3c(Cl)cccc3C(F)(F)F)C[C@@H]2C)CC1. The number of rotatable bonds is 11. The maximum absolute atomic E-state index is 13.6. The molecular weight excluding hydrogens is 507 g/mol. The molecular formula is C27H39ClF3N3O3. The van der Waals surface area contributed by atoms with Crippen LogP contribution in [0.4, 0.5) is 13.2 Å². The third kappa shape index (κ3) is 7.60. The van der Waals surface area contributed by atoms with Crippen molar-refractivity contribution in [2.24, 2.45) is 11.3 Å². The smallest absolute Gasteiger partial charge is 0.416 e. The van der Waals surface area contributed by atoms with Crippen LogP contribution in [-0.2, 0) is 22.3 Å². The number of hydrogen-bond acceptors (Lipinski definition) is 4. The molecule has 6 nitrogen and oxygen atoms in total. The summed E-state index contributed by atoms with van der Waals surface area (Å²) in [5.74, 6) is -1.76. The van der Waals surface area contributed by atoms with Crippen LogP contribution in [0.2, 0.25) is 5.02 Å². The summed E-state index contributed by atoms with van der Waals surface area (Å²) < 4.78 is 40.8. The molecule has 2 aliphatic rings. The first kappa shape index (κ1) is 29.7. The van der Waals surface area contributed by atoms with E-state index in [4.69, 9.17) is 11.6 Å². The standard InChI is InChI=1S/C27H39ClF3N3O3/c1-3-4-5-6-12-33-13-10-20(11-14-33)32-25(37)26(15-24(35)36)18-34(16-19(26)2)17-21-22(27(29,30)31)8-7-9-23(21)28/h7-9,19-20H,3-6,10-18H2,1-2H3,(H,32,37)(H,35,36)/t19-,26+/m0/s1. The van der Waals surface area contributed by atoms with Gasteiger partial charge in [0.05, 0.1) is 17.4 Å². The highest BCUT2D eigenvalue weighted by atomic mass is 35.5. The van der Waals surface area contributed by atoms with Gasteiger partial charge < -0.3 is 15.3 Å². The van der Waals surface area contributed by atoms with E-state index in [-0.39, 0.29) is 48.0 Å². The molecule has 2 heterocycles. The van der Waals surface area contributed by atoms with Crippen molar-refractivity contribution in [1.29, 1.82) is 0 Å². The van der Waals surface area contributed by atoms with Crippen molar-refractivity contribution in [3.05, 3.63) is 34.3 Å². The molecule has 0 aliphatic carbocycles. The van der Waals surface area contributed by atoms with E-state index in [2.05, 4.69) is 17.1 Å². The van der Waals surface area contributed by atoms with E-state index in [1.807, 2.05) is 0 Å². The summed E-state index contributed by atoms with van der Waals surface area (Å²) in [5, 5.41) is 12.8. The highest BCUT2D eigenvalue weighted by molar-refractivity contribution is 6.31. The summed E-state index contributed by atoms with van der Waals surface area (Å²) in [4.78, 5) is 29.5. The number of hydrogen-bond donors (Lipinski definition) is 2. The van der Waals surface area contributed by atoms with Crippen molar-refractivity contribution in [3.63, 3.8) is 0 Å². The van der Waals surface area contributed by atoms with Gasteiger partial charge in [0.1, 0.15) is 0 Å². The number of carboxylic acids is 1. The van der Waals surface area contributed by atoms with Crippen molar-refractivity contribution in [1.82, 2.24) is 15.1 Å². The van der Waals surface area contributed by atoms with Crippen molar-refractivity contribution in [3.8, 4) is 0 Å². The molecule has 0 bridgehead atoms. The summed E-state index contributed by atoms with van der Waals surface area (Å²) in [6, 6.07) is 3.64. The Balaban J connectivity index is 1.67. The summed E-state index contributed by atoms with van der Waals surface area (Å²) in [6.45, 7) is 7.08. The number of halogens is 4. The van der Waals surface area contributed by atoms with Gasteiger partial charge in [-0.15, -0.1) is 0 Å². The summed E-state index contributed by atoms with van der Waals surface area (Å²) in [6.07, 6.45) is 1.49. The van der Waals surface area contributed by atoms with E-state index in [0.29, 0.717) is 6.54 Å². The number of carbonyl (C=O) groups is 2. The Morgan fingerprint density at radius 2 is 1.86 bits per heavy atom. The molecule has 2 saturated heterocycles. The zero-order chi connectivity index (χ0) is 27.2. The van der Waals surface area contributed by atoms with Gasteiger partial charge in [-0.1, -0.05) is 50.8 Å². The number of benzene rings is 1. The fourth-order valence-electron chi connectivity index (χ4n) is 5.78. The lowest BCUT2D eigenvalue weighted by Gasteiger charge is -2.36. The van der Waals surface area contributed by atoms with Crippen LogP contribution >= 0.6 is 11.6 Å². The molecule has 2 N–H and O–H groups in total. The zero-order valence-corrected chi connectivity index (χ0v) is 22.5. The third-order valence-electron chi connectivity index (χ3n) is 7.96. The topological polar surface area (TPSA) is 72.9 Å². The molecule has 0 unspecified atom stereocenters. The lowest BCUT2D eigenvalue weighted by molar-refractivity contribution is -0.147. The largest absolute Gasteiger partial charge is 0.481 e. The molecule has 0 radical (unpaired) electrons. The molecule has 1 amide bonds. The zero-order valence-electron chi connectivity index (χ0n) is 21.7. The highest BCUT2D eigenvalue weighted by Crippen LogP contribution is 2.42. The highest BCUT2D eigenvalue weighted by Gasteiger charge is 2.52. The van der Waals surface area contributed by atoms with Crippen molar-refractivity contribution in [2.75, 3.05) is 32.7 Å². The number of piperidine rings is 1. The molecule has 1 aromatic carbocycles. The monoisotopic (exact) mass is 545 g/mol. The van der Waals surface area contributed by atoms with Crippen LogP contribution in [-0.4, -0.2) is 65.5 Å². The first-order valence-corrected chi connectivity index (χ1v) is 13.7. The second-order valence-electron chi connectivity index (χ2n) is 10.7. The van der Waals surface area contributed by atoms with Crippen molar-refractivity contribution in [2.45, 2.75) is 77.6 Å². The third-order valence-corrected chi connectivity index (χ3v) is 8.31. The lowest BCUT2D eigenvalue weighted by Crippen LogP contribution is -2.52. The fraction of sp³-hybridized carbons (Fsp3) is 0.704. The Morgan fingerprint density at radius 1 is 1.16 bits per heavy atom. The molecule has 0 spiro atoms. The number of nitrogens with one attached hydrogen (secondary N) is 1. The molecule has 1 aromatic rings. The number of unbranched alkanes of at least 4 members (excludes halogenated alkanes) is 3. The van der Waals surface area contributed by atoms with Gasteiger partial charge in [-0.2, -0.15) is 13.2 Å². The number of likely N-dealkylation sites (tertiary alicyclic amines) is 2. The predicted octanol–water partition coefficient (Wildman–Crippen LogP) is 5.43. The van der Waals surface area contributed by atoms with Gasteiger partial charge in [0.25, 0.3) is 0 Å². The van der Waals surface area contributed by atoms with Crippen LogP contribution in [0.1, 0.15) is 69.9 Å². The first-order chi connectivity index (χ1) is 17.5. The van der Waals surface area contributed by atoms with Crippen LogP contribution in [0, 0.1) is 11.3 Å². The van der Waals surface area contributed by atoms with Crippen LogP contribution in [0.25, 0.3) is 0 Å². The normalized spacial score (nSPS) is 23.9. The van der Waals surface area contributed by atoms with Gasteiger partial charge in [-0.05, 0) is 49.4 Å². The van der Waals surface area contributed by atoms with Crippen LogP contribution in [0.5, 0.6) is 0 Å². The molecule has 2 atom stereocenters. The van der Waals surface area contributed by atoms with E-state index in [0.717, 1.165) is 38.5 Å². The first-order valence-electron chi connectivity index (χ1n) is 13.3. The number of alkyl halides is 3. The minimum atomic E-state index is -4.56. The molecule has 10 heteroatoms. The van der Waals surface area contributed by atoms with E-state index in [9.17, 15) is 27.9 Å². The van der Waals surface area contributed by atoms with E-state index in [1.54, 1.807) is 11.8 Å². The number of carbonyl (C=O) groups excluding carboxylic acids is 1. The number of amides is 1. The number of carboxylic acid groups (broad SMARTS) is 1. The second-order valence-corrected chi connectivity index (χ2v) is 11.1. The molecule has 3 rings (SSSR count). The summed E-state index contributed by atoms with van der Waals surface area (Å²) in [5.41, 5.74) is -2.08. The van der Waals surface area contributed by atoms with Gasteiger partial charge in [0, 0.05) is 43.8 Å². The number of nitrogens with zero attached hydrogens (tertiary/aromatic N) is 2. The molecule has 208 valence electrons. The van der Waals surface area contributed by atoms with Gasteiger partial charge in [-0.25, -0.2) is 0 Å². The van der Waals surface area contributed by atoms with Crippen LogP contribution in [0.3, 0.4) is 0 Å². The van der Waals surface area contributed by atoms with Gasteiger partial charge >= 0.3 is 12.1 Å². The fourth-order valence-corrected chi connectivity index (χ4v) is 6.01. The van der Waals surface area contributed by atoms with E-state index in [1.165, 1.54) is 37.8 Å². The minimum Gasteiger partial charge on any atom is -0.481 e. The van der Waals surface area contributed by atoms with Crippen LogP contribution < -0.4 is 5.32 Å². The summed E-state index contributed by atoms with van der Waals surface area (Å²) in [7, 11) is 0. The Kier molecular flexibility index (Phi) is 10.3. The van der Waals surface area contributed by atoms with Gasteiger partial charge in [0.15, 0.2) is 0 Å².